The first-order valence-electron chi connectivity index (χ1n) is 5.22. The fourth-order valence-corrected chi connectivity index (χ4v) is 1.61. The lowest BCUT2D eigenvalue weighted by atomic mass is 9.93. The van der Waals surface area contributed by atoms with Crippen LogP contribution in [0.5, 0.6) is 0 Å². The molecule has 0 fully saturated rings. The predicted molar refractivity (Wildman–Crippen MR) is 55.5 cm³/mol. The van der Waals surface area contributed by atoms with Gasteiger partial charge in [-0.3, -0.25) is 4.39 Å². The summed E-state index contributed by atoms with van der Waals surface area (Å²) in [6.07, 6.45) is -13.9. The van der Waals surface area contributed by atoms with Crippen molar-refractivity contribution in [2.45, 2.75) is 24.4 Å². The summed E-state index contributed by atoms with van der Waals surface area (Å²) in [7, 11) is 0. The summed E-state index contributed by atoms with van der Waals surface area (Å²) in [5, 5.41) is 0. The van der Waals surface area contributed by atoms with Crippen LogP contribution in [0.15, 0.2) is 18.2 Å². The van der Waals surface area contributed by atoms with Crippen molar-refractivity contribution in [3.8, 4) is 0 Å². The Morgan fingerprint density at radius 3 is 2.00 bits per heavy atom. The van der Waals surface area contributed by atoms with Gasteiger partial charge in [-0.25, -0.2) is 4.39 Å². The molecule has 0 bridgehead atoms. The molecule has 1 nitrogen and oxygen atoms in total. The molecule has 0 saturated carbocycles. The maximum Gasteiger partial charge on any atom is 0.420 e. The zero-order valence-electron chi connectivity index (χ0n) is 9.69. The molecule has 114 valence electrons. The van der Waals surface area contributed by atoms with E-state index in [2.05, 4.69) is 0 Å². The minimum atomic E-state index is -5.36. The molecule has 2 N–H and O–H groups in total. The van der Waals surface area contributed by atoms with Crippen molar-refractivity contribution in [1.82, 2.24) is 0 Å². The Morgan fingerprint density at radius 1 is 1.05 bits per heavy atom. The van der Waals surface area contributed by atoms with E-state index in [4.69, 9.17) is 5.73 Å². The monoisotopic (exact) mass is 307 g/mol. The minimum Gasteiger partial charge on any atom is -0.398 e. The van der Waals surface area contributed by atoms with Gasteiger partial charge in [0.25, 0.3) is 0 Å². The highest BCUT2D eigenvalue weighted by atomic mass is 19.4. The number of nitrogens with two attached hydrogens (primary N) is 1. The zero-order valence-corrected chi connectivity index (χ0v) is 9.69. The van der Waals surface area contributed by atoms with Gasteiger partial charge in [-0.1, -0.05) is 6.07 Å². The molecule has 0 radical (unpaired) electrons. The van der Waals surface area contributed by atoms with E-state index in [1.54, 1.807) is 0 Å². The molecule has 0 aliphatic heterocycles. The number of hydrogen-bond acceptors (Lipinski definition) is 1. The molecular weight excluding hydrogens is 298 g/mol. The van der Waals surface area contributed by atoms with Crippen LogP contribution in [0.3, 0.4) is 0 Å². The van der Waals surface area contributed by atoms with Crippen molar-refractivity contribution < 1.29 is 35.1 Å². The van der Waals surface area contributed by atoms with Crippen LogP contribution >= 0.6 is 0 Å². The molecule has 9 heteroatoms. The molecule has 0 aromatic heterocycles. The Labute approximate surface area is 108 Å². The van der Waals surface area contributed by atoms with Gasteiger partial charge in [0.2, 0.25) is 6.17 Å². The number of rotatable bonds is 3. The third kappa shape index (κ3) is 3.51. The number of hydrogen-bond donors (Lipinski definition) is 1. The second kappa shape index (κ2) is 5.45. The van der Waals surface area contributed by atoms with Crippen LogP contribution < -0.4 is 5.73 Å². The van der Waals surface area contributed by atoms with Crippen LogP contribution in [-0.4, -0.2) is 19.0 Å². The number of alkyl halides is 8. The Bertz CT molecular complexity index is 464. The van der Waals surface area contributed by atoms with Gasteiger partial charge in [-0.15, -0.1) is 0 Å². The Hall–Kier alpha value is -1.54. The van der Waals surface area contributed by atoms with E-state index >= 15 is 0 Å². The van der Waals surface area contributed by atoms with Crippen molar-refractivity contribution >= 4 is 5.69 Å². The Balaban J connectivity index is 3.25. The Morgan fingerprint density at radius 2 is 1.60 bits per heavy atom. The highest BCUT2D eigenvalue weighted by Crippen LogP contribution is 2.39. The number of benzene rings is 1. The molecule has 20 heavy (non-hydrogen) atoms. The zero-order chi connectivity index (χ0) is 15.7. The van der Waals surface area contributed by atoms with Crippen molar-refractivity contribution in [2.24, 2.45) is 0 Å². The van der Waals surface area contributed by atoms with Gasteiger partial charge >= 0.3 is 12.4 Å². The van der Waals surface area contributed by atoms with E-state index in [1.165, 1.54) is 0 Å². The maximum atomic E-state index is 13.1. The smallest absolute Gasteiger partial charge is 0.398 e. The van der Waals surface area contributed by atoms with Crippen LogP contribution in [0.25, 0.3) is 0 Å². The van der Waals surface area contributed by atoms with Crippen molar-refractivity contribution in [2.75, 3.05) is 12.4 Å². The molecule has 0 heterocycles. The largest absolute Gasteiger partial charge is 0.420 e. The van der Waals surface area contributed by atoms with Gasteiger partial charge in [0.15, 0.2) is 0 Å². The van der Waals surface area contributed by atoms with Crippen molar-refractivity contribution in [3.05, 3.63) is 29.3 Å². The fourth-order valence-electron chi connectivity index (χ4n) is 1.61. The summed E-state index contributed by atoms with van der Waals surface area (Å²) in [5.74, 6) is -2.36. The highest BCUT2D eigenvalue weighted by molar-refractivity contribution is 5.51. The van der Waals surface area contributed by atoms with E-state index in [0.717, 1.165) is 6.07 Å². The summed E-state index contributed by atoms with van der Waals surface area (Å²) < 4.78 is 99.9. The quantitative estimate of drug-likeness (QED) is 0.656. The summed E-state index contributed by atoms with van der Waals surface area (Å²) in [4.78, 5) is 0. The van der Waals surface area contributed by atoms with Crippen LogP contribution in [0.2, 0.25) is 0 Å². The van der Waals surface area contributed by atoms with E-state index in [0.29, 0.717) is 6.07 Å². The molecular formula is C11H9F8N. The molecule has 1 aromatic carbocycles. The van der Waals surface area contributed by atoms with Crippen molar-refractivity contribution in [3.63, 3.8) is 0 Å². The summed E-state index contributed by atoms with van der Waals surface area (Å²) >= 11 is 0. The predicted octanol–water partition coefficient (Wildman–Crippen LogP) is 4.24. The minimum absolute atomic E-state index is 0.234. The summed E-state index contributed by atoms with van der Waals surface area (Å²) in [6, 6.07) is 1.65. The molecule has 0 aliphatic rings. The normalized spacial score (nSPS) is 16.0. The second-order valence-electron chi connectivity index (χ2n) is 4.05. The number of nitrogen functional groups attached to an aromatic ring is 1. The van der Waals surface area contributed by atoms with Gasteiger partial charge in [0.05, 0.1) is 18.2 Å². The summed E-state index contributed by atoms with van der Waals surface area (Å²) in [5.41, 5.74) is 2.14. The van der Waals surface area contributed by atoms with Gasteiger partial charge in [0, 0.05) is 5.69 Å². The van der Waals surface area contributed by atoms with Crippen LogP contribution in [-0.2, 0) is 6.18 Å². The van der Waals surface area contributed by atoms with Gasteiger partial charge in [0.1, 0.15) is 0 Å². The Kier molecular flexibility index (Phi) is 4.50. The van der Waals surface area contributed by atoms with Gasteiger partial charge < -0.3 is 5.73 Å². The van der Waals surface area contributed by atoms with E-state index in [1.807, 2.05) is 0 Å². The lowest BCUT2D eigenvalue weighted by molar-refractivity contribution is -0.187. The molecule has 2 atom stereocenters. The SMILES string of the molecule is Nc1ccc(C(CF)C(F)C(F)(F)F)cc1C(F)(F)F. The van der Waals surface area contributed by atoms with Crippen LogP contribution in [0.1, 0.15) is 17.0 Å². The molecule has 0 aliphatic carbocycles. The molecule has 2 unspecified atom stereocenters. The topological polar surface area (TPSA) is 26.0 Å². The van der Waals surface area contributed by atoms with Crippen LogP contribution in [0.4, 0.5) is 40.8 Å². The molecule has 0 spiro atoms. The van der Waals surface area contributed by atoms with E-state index < -0.39 is 47.9 Å². The van der Waals surface area contributed by atoms with E-state index in [9.17, 15) is 35.1 Å². The number of halogens is 8. The third-order valence-corrected chi connectivity index (χ3v) is 2.64. The lowest BCUT2D eigenvalue weighted by Crippen LogP contribution is -2.32. The van der Waals surface area contributed by atoms with Crippen molar-refractivity contribution in [1.29, 1.82) is 0 Å². The molecule has 0 saturated heterocycles. The van der Waals surface area contributed by atoms with Crippen LogP contribution in [0, 0.1) is 0 Å². The molecule has 1 rings (SSSR count). The molecule has 0 amide bonds. The van der Waals surface area contributed by atoms with Gasteiger partial charge in [-0.2, -0.15) is 26.3 Å². The average molecular weight is 307 g/mol. The maximum absolute atomic E-state index is 13.1. The van der Waals surface area contributed by atoms with E-state index in [-0.39, 0.29) is 6.07 Å². The molecule has 1 aromatic rings. The van der Waals surface area contributed by atoms with Gasteiger partial charge in [-0.05, 0) is 17.7 Å². The summed E-state index contributed by atoms with van der Waals surface area (Å²) in [6.45, 7) is -1.79. The number of anilines is 1. The average Bonchev–Trinajstić information content (AvgIpc) is 2.29. The first-order chi connectivity index (χ1) is 8.98. The highest BCUT2D eigenvalue weighted by Gasteiger charge is 2.46. The first-order valence-corrected chi connectivity index (χ1v) is 5.22. The first kappa shape index (κ1) is 16.5. The fraction of sp³-hybridized carbons (Fsp3) is 0.455. The second-order valence-corrected chi connectivity index (χ2v) is 4.05. The lowest BCUT2D eigenvalue weighted by Gasteiger charge is -2.22. The standard InChI is InChI=1S/C11H9F8N/c12-4-6(9(13)11(17,18)19)5-1-2-8(20)7(3-5)10(14,15)16/h1-3,6,9H,4,20H2. The third-order valence-electron chi connectivity index (χ3n) is 2.64.